The van der Waals surface area contributed by atoms with Gasteiger partial charge in [0.05, 0.1) is 12.6 Å². The molecule has 0 radical (unpaired) electrons. The molecule has 0 aliphatic carbocycles. The minimum Gasteiger partial charge on any atom is -0.424 e. The smallest absolute Gasteiger partial charge is 0.240 e. The summed E-state index contributed by atoms with van der Waals surface area (Å²) >= 11 is 0. The highest BCUT2D eigenvalue weighted by molar-refractivity contribution is 5.82. The van der Waals surface area contributed by atoms with Crippen LogP contribution in [0.4, 0.5) is 0 Å². The lowest BCUT2D eigenvalue weighted by molar-refractivity contribution is -0.135. The van der Waals surface area contributed by atoms with Crippen LogP contribution in [0.2, 0.25) is 0 Å². The van der Waals surface area contributed by atoms with Crippen molar-refractivity contribution in [3.8, 4) is 0 Å². The van der Waals surface area contributed by atoms with E-state index in [1.165, 1.54) is 12.8 Å². The SMILES string of the molecule is CCCN1CC2(CCN(C)CC2)C[C@@H]1C(=O)N(C)Cc1nnc(C)o1. The van der Waals surface area contributed by atoms with Gasteiger partial charge in [-0.1, -0.05) is 6.92 Å². The van der Waals surface area contributed by atoms with Gasteiger partial charge in [-0.25, -0.2) is 0 Å². The molecular formula is C18H31N5O2. The lowest BCUT2D eigenvalue weighted by atomic mass is 9.76. The molecule has 0 N–H and O–H groups in total. The lowest BCUT2D eigenvalue weighted by Gasteiger charge is -2.37. The van der Waals surface area contributed by atoms with Gasteiger partial charge in [0, 0.05) is 20.5 Å². The summed E-state index contributed by atoms with van der Waals surface area (Å²) in [6.07, 6.45) is 4.44. The Balaban J connectivity index is 1.68. The largest absolute Gasteiger partial charge is 0.424 e. The van der Waals surface area contributed by atoms with E-state index in [9.17, 15) is 4.79 Å². The number of amides is 1. The lowest BCUT2D eigenvalue weighted by Crippen LogP contribution is -2.44. The molecule has 2 saturated heterocycles. The minimum absolute atomic E-state index is 0.0163. The minimum atomic E-state index is -0.0163. The number of carbonyl (C=O) groups is 1. The molecule has 1 spiro atoms. The Morgan fingerprint density at radius 2 is 2.08 bits per heavy atom. The number of likely N-dealkylation sites (tertiary alicyclic amines) is 2. The van der Waals surface area contributed by atoms with Crippen LogP contribution >= 0.6 is 0 Å². The average molecular weight is 349 g/mol. The summed E-state index contributed by atoms with van der Waals surface area (Å²) in [4.78, 5) is 19.7. The molecule has 0 aromatic carbocycles. The van der Waals surface area contributed by atoms with Crippen molar-refractivity contribution in [2.75, 3.05) is 40.3 Å². The maximum Gasteiger partial charge on any atom is 0.240 e. The van der Waals surface area contributed by atoms with Crippen LogP contribution in [-0.4, -0.2) is 77.1 Å². The van der Waals surface area contributed by atoms with Crippen molar-refractivity contribution in [3.63, 3.8) is 0 Å². The van der Waals surface area contributed by atoms with Crippen molar-refractivity contribution in [1.82, 2.24) is 24.9 Å². The van der Waals surface area contributed by atoms with E-state index in [0.717, 1.165) is 39.0 Å². The molecule has 1 amide bonds. The fourth-order valence-corrected chi connectivity index (χ4v) is 4.30. The molecule has 1 aromatic heterocycles. The Morgan fingerprint density at radius 3 is 2.68 bits per heavy atom. The van der Waals surface area contributed by atoms with Crippen LogP contribution in [-0.2, 0) is 11.3 Å². The molecule has 3 rings (SSSR count). The second kappa shape index (κ2) is 7.41. The summed E-state index contributed by atoms with van der Waals surface area (Å²) in [5.41, 5.74) is 0.309. The van der Waals surface area contributed by atoms with Crippen LogP contribution in [0.1, 0.15) is 44.4 Å². The van der Waals surface area contributed by atoms with Crippen LogP contribution in [0.3, 0.4) is 0 Å². The average Bonchev–Trinajstić information content (AvgIpc) is 3.14. The molecule has 7 nitrogen and oxygen atoms in total. The molecule has 3 heterocycles. The van der Waals surface area contributed by atoms with Crippen LogP contribution in [0.5, 0.6) is 0 Å². The van der Waals surface area contributed by atoms with Gasteiger partial charge in [0.15, 0.2) is 0 Å². The number of likely N-dealkylation sites (N-methyl/N-ethyl adjacent to an activating group) is 1. The maximum atomic E-state index is 13.1. The predicted octanol–water partition coefficient (Wildman–Crippen LogP) is 1.53. The highest BCUT2D eigenvalue weighted by Crippen LogP contribution is 2.43. The van der Waals surface area contributed by atoms with E-state index >= 15 is 0 Å². The fraction of sp³-hybridized carbons (Fsp3) is 0.833. The standard InChI is InChI=1S/C18H31N5O2/c1-5-8-23-13-18(6-9-21(3)10-7-18)11-15(23)17(24)22(4)12-16-20-19-14(2)25-16/h15H,5-13H2,1-4H3/t15-/m1/s1. The van der Waals surface area contributed by atoms with Gasteiger partial charge in [0.2, 0.25) is 17.7 Å². The van der Waals surface area contributed by atoms with Crippen molar-refractivity contribution < 1.29 is 9.21 Å². The first kappa shape index (κ1) is 18.3. The van der Waals surface area contributed by atoms with Gasteiger partial charge in [-0.05, 0) is 57.8 Å². The second-order valence-corrected chi connectivity index (χ2v) is 7.90. The van der Waals surface area contributed by atoms with Crippen LogP contribution in [0, 0.1) is 12.3 Å². The first-order valence-corrected chi connectivity index (χ1v) is 9.39. The van der Waals surface area contributed by atoms with Crippen LogP contribution in [0.15, 0.2) is 4.42 Å². The summed E-state index contributed by atoms with van der Waals surface area (Å²) in [5, 5.41) is 7.86. The van der Waals surface area contributed by atoms with Gasteiger partial charge >= 0.3 is 0 Å². The van der Waals surface area contributed by atoms with E-state index in [0.29, 0.717) is 23.7 Å². The van der Waals surface area contributed by atoms with Gasteiger partial charge in [0.25, 0.3) is 0 Å². The van der Waals surface area contributed by atoms with E-state index < -0.39 is 0 Å². The summed E-state index contributed by atoms with van der Waals surface area (Å²) in [6, 6.07) is -0.0163. The van der Waals surface area contributed by atoms with E-state index in [4.69, 9.17) is 4.42 Å². The van der Waals surface area contributed by atoms with Crippen molar-refractivity contribution in [2.45, 2.75) is 52.1 Å². The van der Waals surface area contributed by atoms with Gasteiger partial charge in [-0.3, -0.25) is 9.69 Å². The number of nitrogens with zero attached hydrogens (tertiary/aromatic N) is 5. The van der Waals surface area contributed by atoms with Crippen molar-refractivity contribution in [3.05, 3.63) is 11.8 Å². The van der Waals surface area contributed by atoms with Crippen molar-refractivity contribution in [2.24, 2.45) is 5.41 Å². The number of piperidine rings is 1. The van der Waals surface area contributed by atoms with Gasteiger partial charge in [-0.2, -0.15) is 0 Å². The van der Waals surface area contributed by atoms with Crippen molar-refractivity contribution in [1.29, 1.82) is 0 Å². The van der Waals surface area contributed by atoms with E-state index in [1.807, 2.05) is 7.05 Å². The fourth-order valence-electron chi connectivity index (χ4n) is 4.30. The van der Waals surface area contributed by atoms with Gasteiger partial charge in [-0.15, -0.1) is 10.2 Å². The Morgan fingerprint density at radius 1 is 1.36 bits per heavy atom. The third kappa shape index (κ3) is 4.03. The Hall–Kier alpha value is -1.47. The molecule has 2 aliphatic heterocycles. The molecule has 25 heavy (non-hydrogen) atoms. The number of hydrogen-bond donors (Lipinski definition) is 0. The second-order valence-electron chi connectivity index (χ2n) is 7.90. The molecule has 0 saturated carbocycles. The van der Waals surface area contributed by atoms with Crippen LogP contribution in [0.25, 0.3) is 0 Å². The number of hydrogen-bond acceptors (Lipinski definition) is 6. The number of aryl methyl sites for hydroxylation is 1. The molecule has 0 unspecified atom stereocenters. The first-order chi connectivity index (χ1) is 11.9. The van der Waals surface area contributed by atoms with Crippen molar-refractivity contribution >= 4 is 5.91 Å². The Labute approximate surface area is 150 Å². The topological polar surface area (TPSA) is 65.7 Å². The highest BCUT2D eigenvalue weighted by atomic mass is 16.4. The Kier molecular flexibility index (Phi) is 5.43. The van der Waals surface area contributed by atoms with E-state index in [2.05, 4.69) is 34.0 Å². The number of rotatable bonds is 5. The zero-order valence-electron chi connectivity index (χ0n) is 16.0. The number of aromatic nitrogens is 2. The van der Waals surface area contributed by atoms with E-state index in [1.54, 1.807) is 11.8 Å². The summed E-state index contributed by atoms with van der Waals surface area (Å²) in [7, 11) is 4.03. The predicted molar refractivity (Wildman–Crippen MR) is 94.9 cm³/mol. The molecule has 1 aromatic rings. The van der Waals surface area contributed by atoms with E-state index in [-0.39, 0.29) is 11.9 Å². The molecule has 2 fully saturated rings. The summed E-state index contributed by atoms with van der Waals surface area (Å²) in [5.74, 6) is 1.22. The van der Waals surface area contributed by atoms with Gasteiger partial charge < -0.3 is 14.2 Å². The quantitative estimate of drug-likeness (QED) is 0.803. The first-order valence-electron chi connectivity index (χ1n) is 9.39. The van der Waals surface area contributed by atoms with Gasteiger partial charge in [0.1, 0.15) is 0 Å². The summed E-state index contributed by atoms with van der Waals surface area (Å²) < 4.78 is 5.43. The summed E-state index contributed by atoms with van der Waals surface area (Å²) in [6.45, 7) is 8.65. The molecular weight excluding hydrogens is 318 g/mol. The molecule has 1 atom stereocenters. The van der Waals surface area contributed by atoms with Crippen LogP contribution < -0.4 is 0 Å². The molecule has 7 heteroatoms. The zero-order chi connectivity index (χ0) is 18.0. The normalized spacial score (nSPS) is 24.1. The third-order valence-electron chi connectivity index (χ3n) is 5.77. The zero-order valence-corrected chi connectivity index (χ0v) is 16.0. The maximum absolute atomic E-state index is 13.1. The highest BCUT2D eigenvalue weighted by Gasteiger charge is 2.47. The monoisotopic (exact) mass is 349 g/mol. The molecule has 2 aliphatic rings. The molecule has 0 bridgehead atoms. The third-order valence-corrected chi connectivity index (χ3v) is 5.77. The molecule has 140 valence electrons. The Bertz CT molecular complexity index is 594. The number of carbonyl (C=O) groups excluding carboxylic acids is 1.